The van der Waals surface area contributed by atoms with Crippen molar-refractivity contribution < 1.29 is 22.7 Å². The number of benzene rings is 2. The zero-order valence-electron chi connectivity index (χ0n) is 19.8. The smallest absolute Gasteiger partial charge is 0.337 e. The molecule has 0 radical (unpaired) electrons. The number of rotatable bonds is 9. The van der Waals surface area contributed by atoms with Crippen molar-refractivity contribution in [2.45, 2.75) is 45.1 Å². The number of hydrogen-bond acceptors (Lipinski definition) is 6. The van der Waals surface area contributed by atoms with Crippen LogP contribution in [0, 0.1) is 0 Å². The summed E-state index contributed by atoms with van der Waals surface area (Å²) in [5, 5.41) is 0. The molecule has 8 nitrogen and oxygen atoms in total. The first-order valence-corrected chi connectivity index (χ1v) is 13.4. The van der Waals surface area contributed by atoms with Gasteiger partial charge in [0.2, 0.25) is 10.0 Å². The van der Waals surface area contributed by atoms with Crippen molar-refractivity contribution in [1.82, 2.24) is 8.87 Å². The molecular weight excluding hydrogens is 474 g/mol. The largest absolute Gasteiger partial charge is 0.465 e. The van der Waals surface area contributed by atoms with Gasteiger partial charge in [0, 0.05) is 25.2 Å². The van der Waals surface area contributed by atoms with Gasteiger partial charge in [-0.3, -0.25) is 4.79 Å². The van der Waals surface area contributed by atoms with Crippen LogP contribution in [0.3, 0.4) is 0 Å². The summed E-state index contributed by atoms with van der Waals surface area (Å²) in [7, 11) is -2.29. The number of carbonyl (C=O) groups is 2. The molecule has 1 aromatic heterocycles. The Bertz CT molecular complexity index is 1350. The monoisotopic (exact) mass is 503 g/mol. The highest BCUT2D eigenvalue weighted by Crippen LogP contribution is 2.21. The van der Waals surface area contributed by atoms with E-state index < -0.39 is 21.9 Å². The Morgan fingerprint density at radius 2 is 1.62 bits per heavy atom. The van der Waals surface area contributed by atoms with E-state index in [4.69, 9.17) is 4.74 Å². The van der Waals surface area contributed by atoms with Gasteiger partial charge < -0.3 is 9.30 Å². The Balaban J connectivity index is 1.94. The zero-order chi connectivity index (χ0) is 24.9. The van der Waals surface area contributed by atoms with E-state index in [1.165, 1.54) is 47.0 Å². The number of esters is 1. The van der Waals surface area contributed by atoms with Gasteiger partial charge in [0.25, 0.3) is 5.91 Å². The lowest BCUT2D eigenvalue weighted by atomic mass is 10.2. The van der Waals surface area contributed by atoms with E-state index in [0.29, 0.717) is 35.6 Å². The van der Waals surface area contributed by atoms with Gasteiger partial charge in [0.15, 0.2) is 4.80 Å². The SMILES string of the molecule is CCCN(CCC)S(=O)(=O)c1ccc(C(=O)N=c2sc3cc(C(=O)OC)ccc3n2CC)cc1. The number of aryl methyl sites for hydroxylation is 1. The molecule has 0 fully saturated rings. The summed E-state index contributed by atoms with van der Waals surface area (Å²) in [6.07, 6.45) is 1.45. The molecular formula is C24H29N3O5S2. The van der Waals surface area contributed by atoms with Gasteiger partial charge in [-0.05, 0) is 62.2 Å². The van der Waals surface area contributed by atoms with E-state index in [9.17, 15) is 18.0 Å². The molecule has 0 spiro atoms. The van der Waals surface area contributed by atoms with Crippen LogP contribution in [-0.4, -0.2) is 49.4 Å². The summed E-state index contributed by atoms with van der Waals surface area (Å²) < 4.78 is 34.9. The molecule has 10 heteroatoms. The third-order valence-electron chi connectivity index (χ3n) is 5.30. The average Bonchev–Trinajstić information content (AvgIpc) is 3.19. The van der Waals surface area contributed by atoms with Gasteiger partial charge in [-0.2, -0.15) is 9.30 Å². The first-order valence-electron chi connectivity index (χ1n) is 11.2. The zero-order valence-corrected chi connectivity index (χ0v) is 21.4. The van der Waals surface area contributed by atoms with Gasteiger partial charge >= 0.3 is 5.97 Å². The molecule has 0 saturated carbocycles. The van der Waals surface area contributed by atoms with Crippen molar-refractivity contribution in [3.63, 3.8) is 0 Å². The van der Waals surface area contributed by atoms with Crippen molar-refractivity contribution in [2.75, 3.05) is 20.2 Å². The van der Waals surface area contributed by atoms with E-state index in [1.54, 1.807) is 12.1 Å². The minimum Gasteiger partial charge on any atom is -0.465 e. The number of hydrogen-bond donors (Lipinski definition) is 0. The molecule has 3 rings (SSSR count). The van der Waals surface area contributed by atoms with Crippen LogP contribution >= 0.6 is 11.3 Å². The number of fused-ring (bicyclic) bond motifs is 1. The Hall–Kier alpha value is -2.82. The molecule has 0 bridgehead atoms. The summed E-state index contributed by atoms with van der Waals surface area (Å²) in [6.45, 7) is 7.32. The fourth-order valence-electron chi connectivity index (χ4n) is 3.63. The lowest BCUT2D eigenvalue weighted by molar-refractivity contribution is 0.0600. The van der Waals surface area contributed by atoms with Crippen molar-refractivity contribution in [1.29, 1.82) is 0 Å². The van der Waals surface area contributed by atoms with Crippen LogP contribution in [-0.2, 0) is 21.3 Å². The summed E-state index contributed by atoms with van der Waals surface area (Å²) in [4.78, 5) is 29.7. The third kappa shape index (κ3) is 5.29. The topological polar surface area (TPSA) is 98.0 Å². The van der Waals surface area contributed by atoms with Gasteiger partial charge in [-0.25, -0.2) is 13.2 Å². The van der Waals surface area contributed by atoms with Crippen molar-refractivity contribution in [3.05, 3.63) is 58.4 Å². The highest BCUT2D eigenvalue weighted by Gasteiger charge is 2.23. The normalized spacial score (nSPS) is 12.4. The number of aromatic nitrogens is 1. The highest BCUT2D eigenvalue weighted by atomic mass is 32.2. The van der Waals surface area contributed by atoms with Crippen LogP contribution < -0.4 is 4.80 Å². The number of carbonyl (C=O) groups excluding carboxylic acids is 2. The van der Waals surface area contributed by atoms with Crippen LogP contribution in [0.25, 0.3) is 10.2 Å². The summed E-state index contributed by atoms with van der Waals surface area (Å²) in [5.41, 5.74) is 1.58. The molecule has 3 aromatic rings. The number of thiazole rings is 1. The third-order valence-corrected chi connectivity index (χ3v) is 8.26. The van der Waals surface area contributed by atoms with E-state index in [2.05, 4.69) is 4.99 Å². The maximum Gasteiger partial charge on any atom is 0.337 e. The quantitative estimate of drug-likeness (QED) is 0.410. The van der Waals surface area contributed by atoms with Gasteiger partial charge in [-0.1, -0.05) is 25.2 Å². The van der Waals surface area contributed by atoms with Crippen LogP contribution in [0.2, 0.25) is 0 Å². The summed E-state index contributed by atoms with van der Waals surface area (Å²) in [5.74, 6) is -0.899. The van der Waals surface area contributed by atoms with Crippen molar-refractivity contribution in [3.8, 4) is 0 Å². The number of ether oxygens (including phenoxy) is 1. The highest BCUT2D eigenvalue weighted by molar-refractivity contribution is 7.89. The van der Waals surface area contributed by atoms with E-state index in [0.717, 1.165) is 23.1 Å². The Kier molecular flexibility index (Phi) is 8.40. The molecule has 0 atom stereocenters. The second-order valence-corrected chi connectivity index (χ2v) is 10.6. The molecule has 0 saturated heterocycles. The molecule has 0 aliphatic heterocycles. The standard InChI is InChI=1S/C24H29N3O5S2/c1-5-14-26(15-6-2)34(30,31)19-11-8-17(9-12-19)22(28)25-24-27(7-3)20-13-10-18(23(29)32-4)16-21(20)33-24/h8-13,16H,5-7,14-15H2,1-4H3. The Morgan fingerprint density at radius 1 is 1.00 bits per heavy atom. The summed E-state index contributed by atoms with van der Waals surface area (Å²) in [6, 6.07) is 11.1. The Morgan fingerprint density at radius 3 is 2.18 bits per heavy atom. The number of amides is 1. The lowest BCUT2D eigenvalue weighted by Gasteiger charge is -2.21. The van der Waals surface area contributed by atoms with Crippen molar-refractivity contribution in [2.24, 2.45) is 4.99 Å². The van der Waals surface area contributed by atoms with E-state index in [-0.39, 0.29) is 4.90 Å². The number of nitrogens with zero attached hydrogens (tertiary/aromatic N) is 3. The van der Waals surface area contributed by atoms with Gasteiger partial charge in [-0.15, -0.1) is 0 Å². The van der Waals surface area contributed by atoms with Crippen LogP contribution in [0.5, 0.6) is 0 Å². The average molecular weight is 504 g/mol. The van der Waals surface area contributed by atoms with E-state index in [1.807, 2.05) is 31.4 Å². The van der Waals surface area contributed by atoms with E-state index >= 15 is 0 Å². The minimum absolute atomic E-state index is 0.159. The van der Waals surface area contributed by atoms with Crippen LogP contribution in [0.1, 0.15) is 54.3 Å². The molecule has 1 heterocycles. The molecule has 34 heavy (non-hydrogen) atoms. The minimum atomic E-state index is -3.62. The Labute approximate surface area is 203 Å². The number of methoxy groups -OCH3 is 1. The summed E-state index contributed by atoms with van der Waals surface area (Å²) >= 11 is 1.30. The second-order valence-electron chi connectivity index (χ2n) is 7.65. The molecule has 2 aromatic carbocycles. The second kappa shape index (κ2) is 11.1. The predicted octanol–water partition coefficient (Wildman–Crippen LogP) is 4.06. The molecule has 182 valence electrons. The molecule has 0 aliphatic rings. The maximum absolute atomic E-state index is 12.9. The maximum atomic E-state index is 12.9. The number of sulfonamides is 1. The first kappa shape index (κ1) is 25.8. The van der Waals surface area contributed by atoms with Gasteiger partial charge in [0.05, 0.1) is 27.8 Å². The van der Waals surface area contributed by atoms with Crippen LogP contribution in [0.4, 0.5) is 0 Å². The fourth-order valence-corrected chi connectivity index (χ4v) is 6.39. The molecule has 0 aliphatic carbocycles. The van der Waals surface area contributed by atoms with Crippen LogP contribution in [0.15, 0.2) is 52.4 Å². The van der Waals surface area contributed by atoms with Gasteiger partial charge in [0.1, 0.15) is 0 Å². The fraction of sp³-hybridized carbons (Fsp3) is 0.375. The first-order chi connectivity index (χ1) is 16.3. The lowest BCUT2D eigenvalue weighted by Crippen LogP contribution is -2.32. The predicted molar refractivity (Wildman–Crippen MR) is 133 cm³/mol. The molecule has 0 unspecified atom stereocenters. The van der Waals surface area contributed by atoms with Crippen molar-refractivity contribution >= 4 is 43.5 Å². The molecule has 1 amide bonds. The molecule has 0 N–H and O–H groups in total.